The Morgan fingerprint density at radius 1 is 1.07 bits per heavy atom. The molecule has 1 aromatic carbocycles. The predicted molar refractivity (Wildman–Crippen MR) is 98.9 cm³/mol. The molecule has 2 bridgehead atoms. The molecule has 1 saturated carbocycles. The van der Waals surface area contributed by atoms with E-state index in [1.807, 2.05) is 13.8 Å². The third-order valence-electron chi connectivity index (χ3n) is 7.51. The molecule has 1 aliphatic carbocycles. The minimum atomic E-state index is -4.43. The molecule has 8 atom stereocenters. The lowest BCUT2D eigenvalue weighted by molar-refractivity contribution is -0.575. The van der Waals surface area contributed by atoms with Gasteiger partial charge in [-0.2, -0.15) is 13.2 Å². The Kier molecular flexibility index (Phi) is 4.67. The third-order valence-corrected chi connectivity index (χ3v) is 7.51. The number of benzene rings is 1. The largest absolute Gasteiger partial charge is 0.465 e. The first-order chi connectivity index (χ1) is 14.1. The van der Waals surface area contributed by atoms with Crippen LogP contribution < -0.4 is 4.74 Å². The number of hydrogen-bond donors (Lipinski definition) is 0. The molecule has 0 radical (unpaired) electrons. The van der Waals surface area contributed by atoms with Crippen LogP contribution in [0.1, 0.15) is 52.0 Å². The Balaban J connectivity index is 1.46. The van der Waals surface area contributed by atoms with Crippen LogP contribution in [0.5, 0.6) is 5.75 Å². The summed E-state index contributed by atoms with van der Waals surface area (Å²) in [5.74, 6) is -0.175. The van der Waals surface area contributed by atoms with Crippen molar-refractivity contribution in [2.75, 3.05) is 0 Å². The summed E-state index contributed by atoms with van der Waals surface area (Å²) in [6.45, 7) is 6.07. The van der Waals surface area contributed by atoms with Crippen molar-refractivity contribution in [2.24, 2.45) is 23.7 Å². The maximum Gasteiger partial charge on any atom is 0.416 e. The minimum absolute atomic E-state index is 0.0518. The zero-order chi connectivity index (χ0) is 21.3. The van der Waals surface area contributed by atoms with Gasteiger partial charge in [0.2, 0.25) is 12.1 Å². The van der Waals surface area contributed by atoms with E-state index in [0.29, 0.717) is 12.3 Å². The molecule has 1 aromatic rings. The lowest BCUT2D eigenvalue weighted by atomic mass is 9.58. The molecule has 5 nitrogen and oxygen atoms in total. The van der Waals surface area contributed by atoms with Crippen LogP contribution in [0.25, 0.3) is 0 Å². The van der Waals surface area contributed by atoms with Gasteiger partial charge < -0.3 is 14.2 Å². The number of rotatable bonds is 2. The fourth-order valence-electron chi connectivity index (χ4n) is 5.89. The quantitative estimate of drug-likeness (QED) is 0.599. The lowest BCUT2D eigenvalue weighted by Gasteiger charge is -2.60. The highest BCUT2D eigenvalue weighted by molar-refractivity contribution is 5.30. The van der Waals surface area contributed by atoms with Crippen LogP contribution in [0.3, 0.4) is 0 Å². The summed E-state index contributed by atoms with van der Waals surface area (Å²) in [5, 5.41) is 0. The van der Waals surface area contributed by atoms with E-state index in [4.69, 9.17) is 24.0 Å². The SMILES string of the molecule is C[C@H]1[C@@H](Oc2cccc(C(F)(F)F)c2)O[C@@H]2O[C@]3(C)CC[C@H]4[C@H](C)CC[C@@H]1C24OO3. The summed E-state index contributed by atoms with van der Waals surface area (Å²) in [7, 11) is 0. The van der Waals surface area contributed by atoms with Gasteiger partial charge in [-0.1, -0.05) is 19.9 Å². The molecule has 6 rings (SSSR count). The molecule has 5 fully saturated rings. The van der Waals surface area contributed by atoms with E-state index in [2.05, 4.69) is 6.92 Å². The summed E-state index contributed by atoms with van der Waals surface area (Å²) in [5.41, 5.74) is -1.47. The van der Waals surface area contributed by atoms with E-state index < -0.39 is 35.7 Å². The van der Waals surface area contributed by atoms with Gasteiger partial charge in [0.15, 0.2) is 11.9 Å². The standard InChI is InChI=1S/C22H27F3O5/c1-12-7-8-17-13(2)18(26-15-6-4-5-14(11-15)22(23,24)25)27-19-21(17)16(12)9-10-20(3,28-19)29-30-21/h4-6,11-13,16-19H,7-10H2,1-3H3/t12-,13-,16+,17+,18+,19-,20+,21?/m1/s1. The van der Waals surface area contributed by atoms with Gasteiger partial charge in [-0.25, -0.2) is 9.78 Å². The van der Waals surface area contributed by atoms with Crippen LogP contribution in [0, 0.1) is 23.7 Å². The summed E-state index contributed by atoms with van der Waals surface area (Å²) >= 11 is 0. The minimum Gasteiger partial charge on any atom is -0.465 e. The van der Waals surface area contributed by atoms with Gasteiger partial charge in [-0.3, -0.25) is 0 Å². The number of hydrogen-bond acceptors (Lipinski definition) is 5. The van der Waals surface area contributed by atoms with E-state index in [-0.39, 0.29) is 23.5 Å². The molecule has 166 valence electrons. The van der Waals surface area contributed by atoms with Crippen molar-refractivity contribution in [3.8, 4) is 5.75 Å². The van der Waals surface area contributed by atoms with Gasteiger partial charge in [-0.15, -0.1) is 0 Å². The Labute approximate surface area is 173 Å². The van der Waals surface area contributed by atoms with E-state index in [1.54, 1.807) is 0 Å². The fraction of sp³-hybridized carbons (Fsp3) is 0.727. The van der Waals surface area contributed by atoms with Gasteiger partial charge in [0.1, 0.15) is 5.75 Å². The van der Waals surface area contributed by atoms with Crippen molar-refractivity contribution in [1.29, 1.82) is 0 Å². The highest BCUT2D eigenvalue weighted by atomic mass is 19.4. The van der Waals surface area contributed by atoms with Crippen molar-refractivity contribution in [3.63, 3.8) is 0 Å². The average Bonchev–Trinajstić information content (AvgIpc) is 2.91. The Morgan fingerprint density at radius 2 is 1.87 bits per heavy atom. The molecule has 4 heterocycles. The van der Waals surface area contributed by atoms with Crippen LogP contribution in [-0.2, 0) is 25.4 Å². The molecule has 5 aliphatic rings. The van der Waals surface area contributed by atoms with Gasteiger partial charge in [0.05, 0.1) is 5.56 Å². The van der Waals surface area contributed by atoms with Crippen LogP contribution in [0.4, 0.5) is 13.2 Å². The van der Waals surface area contributed by atoms with Crippen molar-refractivity contribution in [3.05, 3.63) is 29.8 Å². The molecule has 1 unspecified atom stereocenters. The second kappa shape index (κ2) is 6.82. The molecular weight excluding hydrogens is 401 g/mol. The zero-order valence-electron chi connectivity index (χ0n) is 17.3. The zero-order valence-corrected chi connectivity index (χ0v) is 17.3. The van der Waals surface area contributed by atoms with Crippen molar-refractivity contribution < 1.29 is 37.2 Å². The van der Waals surface area contributed by atoms with E-state index in [9.17, 15) is 13.2 Å². The average molecular weight is 428 g/mol. The highest BCUT2D eigenvalue weighted by Gasteiger charge is 2.69. The summed E-state index contributed by atoms with van der Waals surface area (Å²) in [6.07, 6.45) is -2.31. The summed E-state index contributed by atoms with van der Waals surface area (Å²) < 4.78 is 57.7. The van der Waals surface area contributed by atoms with Crippen molar-refractivity contribution >= 4 is 0 Å². The number of fused-ring (bicyclic) bond motifs is 2. The molecule has 0 N–H and O–H groups in total. The third kappa shape index (κ3) is 3.06. The summed E-state index contributed by atoms with van der Waals surface area (Å²) in [4.78, 5) is 11.8. The monoisotopic (exact) mass is 428 g/mol. The van der Waals surface area contributed by atoms with Crippen molar-refractivity contribution in [2.45, 2.75) is 76.6 Å². The van der Waals surface area contributed by atoms with Crippen molar-refractivity contribution in [1.82, 2.24) is 0 Å². The van der Waals surface area contributed by atoms with E-state index >= 15 is 0 Å². The second-order valence-corrected chi connectivity index (χ2v) is 9.42. The smallest absolute Gasteiger partial charge is 0.416 e. The molecule has 0 amide bonds. The van der Waals surface area contributed by atoms with Gasteiger partial charge >= 0.3 is 6.18 Å². The molecule has 1 spiro atoms. The maximum atomic E-state index is 13.1. The molecule has 4 aliphatic heterocycles. The maximum absolute atomic E-state index is 13.1. The highest BCUT2D eigenvalue weighted by Crippen LogP contribution is 2.60. The Hall–Kier alpha value is -1.35. The molecular formula is C22H27F3O5. The first-order valence-corrected chi connectivity index (χ1v) is 10.7. The lowest BCUT2D eigenvalue weighted by Crippen LogP contribution is -2.70. The number of halogens is 3. The predicted octanol–water partition coefficient (Wildman–Crippen LogP) is 5.29. The molecule has 30 heavy (non-hydrogen) atoms. The van der Waals surface area contributed by atoms with Crippen LogP contribution in [0.2, 0.25) is 0 Å². The van der Waals surface area contributed by atoms with Crippen LogP contribution >= 0.6 is 0 Å². The number of ether oxygens (including phenoxy) is 3. The Morgan fingerprint density at radius 3 is 2.63 bits per heavy atom. The molecule has 8 heteroatoms. The Bertz CT molecular complexity index is 816. The summed E-state index contributed by atoms with van der Waals surface area (Å²) in [6, 6.07) is 4.89. The van der Waals surface area contributed by atoms with Crippen LogP contribution in [0.15, 0.2) is 24.3 Å². The molecule has 0 aromatic heterocycles. The van der Waals surface area contributed by atoms with Gasteiger partial charge in [0.25, 0.3) is 0 Å². The van der Waals surface area contributed by atoms with E-state index in [0.717, 1.165) is 31.4 Å². The first-order valence-electron chi connectivity index (χ1n) is 10.7. The van der Waals surface area contributed by atoms with Gasteiger partial charge in [0, 0.05) is 18.3 Å². The van der Waals surface area contributed by atoms with Crippen LogP contribution in [-0.4, -0.2) is 24.0 Å². The normalized spacial score (nSPS) is 45.5. The second-order valence-electron chi connectivity index (χ2n) is 9.42. The van der Waals surface area contributed by atoms with E-state index in [1.165, 1.54) is 12.1 Å². The topological polar surface area (TPSA) is 46.2 Å². The van der Waals surface area contributed by atoms with Gasteiger partial charge in [-0.05, 0) is 56.2 Å². The fourth-order valence-corrected chi connectivity index (χ4v) is 5.89. The first kappa shape index (κ1) is 20.5. The molecule has 4 saturated heterocycles. The number of alkyl halides is 3.